The van der Waals surface area contributed by atoms with Crippen LogP contribution in [0.3, 0.4) is 0 Å². The number of piperidine rings is 1. The van der Waals surface area contributed by atoms with Gasteiger partial charge >= 0.3 is 0 Å². The van der Waals surface area contributed by atoms with Gasteiger partial charge in [-0.05, 0) is 38.0 Å². The highest BCUT2D eigenvalue weighted by Crippen LogP contribution is 2.23. The van der Waals surface area contributed by atoms with Crippen molar-refractivity contribution in [1.29, 1.82) is 0 Å². The van der Waals surface area contributed by atoms with Gasteiger partial charge in [-0.15, -0.1) is 11.6 Å². The molecule has 0 spiro atoms. The monoisotopic (exact) mass is 310 g/mol. The van der Waals surface area contributed by atoms with Gasteiger partial charge in [0.15, 0.2) is 0 Å². The molecule has 2 unspecified atom stereocenters. The fourth-order valence-electron chi connectivity index (χ4n) is 2.60. The van der Waals surface area contributed by atoms with Crippen molar-refractivity contribution in [2.45, 2.75) is 46.1 Å². The molecule has 1 fully saturated rings. The second-order valence-electron chi connectivity index (χ2n) is 6.02. The van der Waals surface area contributed by atoms with Crippen LogP contribution in [0.15, 0.2) is 0 Å². The van der Waals surface area contributed by atoms with Crippen molar-refractivity contribution in [2.75, 3.05) is 26.0 Å². The van der Waals surface area contributed by atoms with Gasteiger partial charge in [-0.1, -0.05) is 13.8 Å². The summed E-state index contributed by atoms with van der Waals surface area (Å²) >= 11 is 5.87. The maximum Gasteiger partial charge on any atom is 0.281 e. The molecule has 1 rings (SSSR count). The van der Waals surface area contributed by atoms with Crippen LogP contribution in [-0.2, 0) is 10.2 Å². The van der Waals surface area contributed by atoms with E-state index in [2.05, 4.69) is 13.8 Å². The Kier molecular flexibility index (Phi) is 6.57. The van der Waals surface area contributed by atoms with Gasteiger partial charge < -0.3 is 0 Å². The standard InChI is InChI=1S/C13H27ClN2O2S/c1-11(2)8-12(3)15(4)19(17,18)16-7-5-6-13(9-14)10-16/h11-13H,5-10H2,1-4H3. The Morgan fingerprint density at radius 1 is 1.37 bits per heavy atom. The SMILES string of the molecule is CC(C)CC(C)N(C)S(=O)(=O)N1CCCC(CCl)C1. The largest absolute Gasteiger partial charge is 0.281 e. The van der Waals surface area contributed by atoms with Crippen LogP contribution < -0.4 is 0 Å². The summed E-state index contributed by atoms with van der Waals surface area (Å²) in [5.74, 6) is 1.32. The summed E-state index contributed by atoms with van der Waals surface area (Å²) < 4.78 is 28.3. The maximum atomic E-state index is 12.6. The van der Waals surface area contributed by atoms with E-state index in [9.17, 15) is 8.42 Å². The Balaban J connectivity index is 2.73. The lowest BCUT2D eigenvalue weighted by Crippen LogP contribution is -2.49. The van der Waals surface area contributed by atoms with E-state index >= 15 is 0 Å². The van der Waals surface area contributed by atoms with Gasteiger partial charge in [0.2, 0.25) is 0 Å². The molecule has 2 atom stereocenters. The Morgan fingerprint density at radius 2 is 2.00 bits per heavy atom. The van der Waals surface area contributed by atoms with Crippen LogP contribution in [0, 0.1) is 11.8 Å². The van der Waals surface area contributed by atoms with Gasteiger partial charge in [0.1, 0.15) is 0 Å². The summed E-state index contributed by atoms with van der Waals surface area (Å²) in [6, 6.07) is 0.0291. The van der Waals surface area contributed by atoms with Crippen LogP contribution in [0.1, 0.15) is 40.0 Å². The predicted octanol–water partition coefficient (Wildman–Crippen LogP) is 2.55. The van der Waals surface area contributed by atoms with Gasteiger partial charge in [0.05, 0.1) is 0 Å². The van der Waals surface area contributed by atoms with Crippen LogP contribution in [0.2, 0.25) is 0 Å². The summed E-state index contributed by atoms with van der Waals surface area (Å²) in [6.07, 6.45) is 2.81. The van der Waals surface area contributed by atoms with E-state index in [-0.39, 0.29) is 6.04 Å². The van der Waals surface area contributed by atoms with E-state index in [4.69, 9.17) is 11.6 Å². The molecule has 0 aromatic rings. The van der Waals surface area contributed by atoms with Crippen molar-refractivity contribution in [3.05, 3.63) is 0 Å². The number of hydrogen-bond donors (Lipinski definition) is 0. The highest BCUT2D eigenvalue weighted by molar-refractivity contribution is 7.86. The molecule has 0 saturated carbocycles. The molecule has 6 heteroatoms. The Labute approximate surface area is 123 Å². The van der Waals surface area contributed by atoms with Crippen LogP contribution in [0.4, 0.5) is 0 Å². The highest BCUT2D eigenvalue weighted by Gasteiger charge is 2.33. The first kappa shape index (κ1) is 17.2. The maximum absolute atomic E-state index is 12.6. The van der Waals surface area contributed by atoms with Gasteiger partial charge in [0.25, 0.3) is 10.2 Å². The van der Waals surface area contributed by atoms with Crippen molar-refractivity contribution in [3.8, 4) is 0 Å². The van der Waals surface area contributed by atoms with Gasteiger partial charge in [-0.2, -0.15) is 17.0 Å². The summed E-state index contributed by atoms with van der Waals surface area (Å²) in [4.78, 5) is 0. The van der Waals surface area contributed by atoms with E-state index in [0.717, 1.165) is 19.3 Å². The smallest absolute Gasteiger partial charge is 0.195 e. The number of rotatable bonds is 6. The van der Waals surface area contributed by atoms with E-state index < -0.39 is 10.2 Å². The van der Waals surface area contributed by atoms with Gasteiger partial charge in [0, 0.05) is 32.1 Å². The molecule has 1 saturated heterocycles. The molecule has 0 aromatic heterocycles. The second kappa shape index (κ2) is 7.25. The molecule has 0 aromatic carbocycles. The predicted molar refractivity (Wildman–Crippen MR) is 80.6 cm³/mol. The van der Waals surface area contributed by atoms with Gasteiger partial charge in [-0.25, -0.2) is 0 Å². The van der Waals surface area contributed by atoms with E-state index in [1.54, 1.807) is 11.4 Å². The number of alkyl halides is 1. The third-order valence-electron chi connectivity index (χ3n) is 3.82. The molecule has 0 bridgehead atoms. The van der Waals surface area contributed by atoms with Gasteiger partial charge in [-0.3, -0.25) is 0 Å². The number of halogens is 1. The molecule has 19 heavy (non-hydrogen) atoms. The zero-order valence-electron chi connectivity index (χ0n) is 12.5. The second-order valence-corrected chi connectivity index (χ2v) is 8.32. The Bertz CT molecular complexity index is 373. The molecule has 1 aliphatic heterocycles. The van der Waals surface area contributed by atoms with Crippen molar-refractivity contribution >= 4 is 21.8 Å². The molecule has 4 nitrogen and oxygen atoms in total. The highest BCUT2D eigenvalue weighted by atomic mass is 35.5. The van der Waals surface area contributed by atoms with Crippen molar-refractivity contribution in [3.63, 3.8) is 0 Å². The van der Waals surface area contributed by atoms with Crippen LogP contribution >= 0.6 is 11.6 Å². The summed E-state index contributed by atoms with van der Waals surface area (Å²) in [6.45, 7) is 7.38. The molecule has 1 aliphatic rings. The normalized spacial score (nSPS) is 24.1. The molecule has 0 radical (unpaired) electrons. The molecule has 0 amide bonds. The first-order chi connectivity index (χ1) is 8.78. The summed E-state index contributed by atoms with van der Waals surface area (Å²) in [7, 11) is -1.65. The van der Waals surface area contributed by atoms with Crippen LogP contribution in [-0.4, -0.2) is 49.1 Å². The van der Waals surface area contributed by atoms with E-state index in [1.807, 2.05) is 6.92 Å². The molecule has 0 N–H and O–H groups in total. The Hall–Kier alpha value is 0.160. The Morgan fingerprint density at radius 3 is 2.53 bits per heavy atom. The molecule has 114 valence electrons. The topological polar surface area (TPSA) is 40.6 Å². The average Bonchev–Trinajstić information content (AvgIpc) is 2.37. The summed E-state index contributed by atoms with van der Waals surface area (Å²) in [5.41, 5.74) is 0. The zero-order valence-corrected chi connectivity index (χ0v) is 14.0. The van der Waals surface area contributed by atoms with E-state index in [0.29, 0.717) is 30.8 Å². The van der Waals surface area contributed by atoms with Crippen molar-refractivity contribution in [1.82, 2.24) is 8.61 Å². The lowest BCUT2D eigenvalue weighted by atomic mass is 10.0. The zero-order chi connectivity index (χ0) is 14.6. The van der Waals surface area contributed by atoms with Crippen molar-refractivity contribution in [2.24, 2.45) is 11.8 Å². The first-order valence-electron chi connectivity index (χ1n) is 7.08. The third-order valence-corrected chi connectivity index (χ3v) is 6.33. The minimum absolute atomic E-state index is 0.0291. The fourth-order valence-corrected chi connectivity index (χ4v) is 4.52. The van der Waals surface area contributed by atoms with Crippen LogP contribution in [0.25, 0.3) is 0 Å². The lowest BCUT2D eigenvalue weighted by molar-refractivity contribution is 0.249. The van der Waals surface area contributed by atoms with Crippen LogP contribution in [0.5, 0.6) is 0 Å². The first-order valence-corrected chi connectivity index (χ1v) is 9.01. The molecule has 0 aliphatic carbocycles. The fraction of sp³-hybridized carbons (Fsp3) is 1.00. The number of nitrogens with zero attached hydrogens (tertiary/aromatic N) is 2. The molecular formula is C13H27ClN2O2S. The minimum atomic E-state index is -3.34. The van der Waals surface area contributed by atoms with E-state index in [1.165, 1.54) is 4.31 Å². The van der Waals surface area contributed by atoms with Crippen molar-refractivity contribution < 1.29 is 8.42 Å². The number of hydrogen-bond acceptors (Lipinski definition) is 2. The molecule has 1 heterocycles. The summed E-state index contributed by atoms with van der Waals surface area (Å²) in [5, 5.41) is 0. The quantitative estimate of drug-likeness (QED) is 0.707. The molecular weight excluding hydrogens is 284 g/mol. The minimum Gasteiger partial charge on any atom is -0.195 e. The average molecular weight is 311 g/mol. The lowest BCUT2D eigenvalue weighted by Gasteiger charge is -2.36. The third kappa shape index (κ3) is 4.59.